The molecule has 0 spiro atoms. The fourth-order valence-corrected chi connectivity index (χ4v) is 3.21. The number of hydrogen-bond donors (Lipinski definition) is 1. The van der Waals surface area contributed by atoms with Crippen molar-refractivity contribution in [2.24, 2.45) is 5.73 Å². The molecule has 0 unspecified atom stereocenters. The van der Waals surface area contributed by atoms with Crippen molar-refractivity contribution in [2.75, 3.05) is 6.54 Å². The largest absolute Gasteiger partial charge is 0.329 e. The first kappa shape index (κ1) is 14.5. The Balaban J connectivity index is 2.12. The Morgan fingerprint density at radius 2 is 2.21 bits per heavy atom. The predicted octanol–water partition coefficient (Wildman–Crippen LogP) is 1.93. The molecule has 9 heteroatoms. The average Bonchev–Trinajstić information content (AvgIpc) is 2.76. The number of halogens is 2. The van der Waals surface area contributed by atoms with Crippen LogP contribution in [0.25, 0.3) is 0 Å². The summed E-state index contributed by atoms with van der Waals surface area (Å²) in [5.41, 5.74) is 7.05. The number of hydrogen-bond acceptors (Lipinski definition) is 6. The molecular formula is C10H12Cl2N6S. The van der Waals surface area contributed by atoms with Crippen LogP contribution in [-0.4, -0.2) is 31.7 Å². The number of nitrogens with zero attached hydrogens (tertiary/aromatic N) is 5. The van der Waals surface area contributed by atoms with Gasteiger partial charge in [-0.2, -0.15) is 0 Å². The lowest BCUT2D eigenvalue weighted by Crippen LogP contribution is -2.12. The molecule has 102 valence electrons. The van der Waals surface area contributed by atoms with Crippen LogP contribution in [0.1, 0.15) is 11.3 Å². The SMILES string of the molecule is Cc1cc(Cl)c(CSc2nnnn2CCN)c(Cl)n1. The quantitative estimate of drug-likeness (QED) is 0.670. The van der Waals surface area contributed by atoms with E-state index in [1.807, 2.05) is 6.92 Å². The van der Waals surface area contributed by atoms with Crippen LogP contribution in [0.3, 0.4) is 0 Å². The molecule has 0 fully saturated rings. The van der Waals surface area contributed by atoms with Gasteiger partial charge in [0.25, 0.3) is 0 Å². The summed E-state index contributed by atoms with van der Waals surface area (Å²) in [5, 5.41) is 13.1. The lowest BCUT2D eigenvalue weighted by molar-refractivity contribution is 0.557. The van der Waals surface area contributed by atoms with Crippen molar-refractivity contribution in [1.29, 1.82) is 0 Å². The van der Waals surface area contributed by atoms with E-state index in [-0.39, 0.29) is 0 Å². The minimum absolute atomic E-state index is 0.412. The molecule has 0 bridgehead atoms. The van der Waals surface area contributed by atoms with Gasteiger partial charge >= 0.3 is 0 Å². The Labute approximate surface area is 124 Å². The molecular weight excluding hydrogens is 307 g/mol. The van der Waals surface area contributed by atoms with Crippen molar-refractivity contribution in [3.05, 3.63) is 27.5 Å². The van der Waals surface area contributed by atoms with Crippen LogP contribution in [0.4, 0.5) is 0 Å². The van der Waals surface area contributed by atoms with Crippen LogP contribution in [0.15, 0.2) is 11.2 Å². The van der Waals surface area contributed by atoms with Crippen molar-refractivity contribution in [3.63, 3.8) is 0 Å². The molecule has 2 N–H and O–H groups in total. The van der Waals surface area contributed by atoms with E-state index in [0.717, 1.165) is 11.3 Å². The second kappa shape index (κ2) is 6.51. The zero-order valence-electron chi connectivity index (χ0n) is 10.2. The molecule has 0 saturated carbocycles. The third-order valence-corrected chi connectivity index (χ3v) is 3.97. The van der Waals surface area contributed by atoms with Crippen molar-refractivity contribution >= 4 is 35.0 Å². The van der Waals surface area contributed by atoms with Gasteiger partial charge < -0.3 is 5.73 Å². The Kier molecular flexibility index (Phi) is 4.98. The minimum atomic E-state index is 0.412. The Bertz CT molecular complexity index is 550. The maximum absolute atomic E-state index is 6.16. The molecule has 6 nitrogen and oxygen atoms in total. The number of pyridine rings is 1. The maximum Gasteiger partial charge on any atom is 0.209 e. The number of aromatic nitrogens is 5. The second-order valence-electron chi connectivity index (χ2n) is 3.78. The molecule has 2 aromatic rings. The summed E-state index contributed by atoms with van der Waals surface area (Å²) < 4.78 is 1.65. The Hall–Kier alpha value is -0.890. The third kappa shape index (κ3) is 3.56. The second-order valence-corrected chi connectivity index (χ2v) is 5.48. The standard InChI is InChI=1S/C10H12Cl2N6S/c1-6-4-8(11)7(9(12)14-6)5-19-10-15-16-17-18(10)3-2-13/h4H,2-3,5,13H2,1H3. The van der Waals surface area contributed by atoms with Gasteiger partial charge in [0.05, 0.1) is 6.54 Å². The topological polar surface area (TPSA) is 82.5 Å². The van der Waals surface area contributed by atoms with E-state index in [1.165, 1.54) is 11.8 Å². The van der Waals surface area contributed by atoms with Gasteiger partial charge in [-0.25, -0.2) is 9.67 Å². The first-order valence-corrected chi connectivity index (χ1v) is 7.26. The number of aryl methyl sites for hydroxylation is 1. The normalized spacial score (nSPS) is 10.9. The van der Waals surface area contributed by atoms with Crippen LogP contribution >= 0.6 is 35.0 Å². The Morgan fingerprint density at radius 3 is 2.89 bits per heavy atom. The van der Waals surface area contributed by atoms with Crippen LogP contribution in [0.2, 0.25) is 10.2 Å². The van der Waals surface area contributed by atoms with E-state index < -0.39 is 0 Å². The highest BCUT2D eigenvalue weighted by Gasteiger charge is 2.12. The highest BCUT2D eigenvalue weighted by Crippen LogP contribution is 2.30. The van der Waals surface area contributed by atoms with Gasteiger partial charge in [0.15, 0.2) is 0 Å². The predicted molar refractivity (Wildman–Crippen MR) is 75.4 cm³/mol. The fraction of sp³-hybridized carbons (Fsp3) is 0.400. The molecule has 2 aromatic heterocycles. The summed E-state index contributed by atoms with van der Waals surface area (Å²) in [6, 6.07) is 1.78. The van der Waals surface area contributed by atoms with Crippen molar-refractivity contribution in [3.8, 4) is 0 Å². The number of thioether (sulfide) groups is 1. The van der Waals surface area contributed by atoms with Crippen molar-refractivity contribution in [2.45, 2.75) is 24.4 Å². The summed E-state index contributed by atoms with van der Waals surface area (Å²) in [7, 11) is 0. The Morgan fingerprint density at radius 1 is 1.42 bits per heavy atom. The average molecular weight is 319 g/mol. The summed E-state index contributed by atoms with van der Waals surface area (Å²) in [6.45, 7) is 2.89. The summed E-state index contributed by atoms with van der Waals surface area (Å²) in [6.07, 6.45) is 0. The molecule has 0 radical (unpaired) electrons. The van der Waals surface area contributed by atoms with Gasteiger partial charge in [0.1, 0.15) is 5.15 Å². The smallest absolute Gasteiger partial charge is 0.209 e. The van der Waals surface area contributed by atoms with E-state index in [2.05, 4.69) is 20.5 Å². The number of tetrazole rings is 1. The highest BCUT2D eigenvalue weighted by molar-refractivity contribution is 7.98. The summed E-state index contributed by atoms with van der Waals surface area (Å²) >= 11 is 13.7. The molecule has 0 saturated heterocycles. The first-order valence-electron chi connectivity index (χ1n) is 5.52. The van der Waals surface area contributed by atoms with E-state index in [9.17, 15) is 0 Å². The minimum Gasteiger partial charge on any atom is -0.329 e. The number of nitrogens with two attached hydrogens (primary N) is 1. The van der Waals surface area contributed by atoms with E-state index in [1.54, 1.807) is 10.7 Å². The van der Waals surface area contributed by atoms with Gasteiger partial charge in [0, 0.05) is 28.6 Å². The van der Waals surface area contributed by atoms with E-state index >= 15 is 0 Å². The lowest BCUT2D eigenvalue weighted by Gasteiger charge is -2.07. The molecule has 0 aromatic carbocycles. The molecule has 0 aliphatic rings. The zero-order chi connectivity index (χ0) is 13.8. The molecule has 0 aliphatic carbocycles. The van der Waals surface area contributed by atoms with Crippen LogP contribution in [-0.2, 0) is 12.3 Å². The molecule has 2 heterocycles. The van der Waals surface area contributed by atoms with Gasteiger partial charge in [-0.1, -0.05) is 35.0 Å². The molecule has 19 heavy (non-hydrogen) atoms. The van der Waals surface area contributed by atoms with E-state index in [4.69, 9.17) is 28.9 Å². The monoisotopic (exact) mass is 318 g/mol. The zero-order valence-corrected chi connectivity index (χ0v) is 12.5. The first-order chi connectivity index (χ1) is 9.11. The lowest BCUT2D eigenvalue weighted by atomic mass is 10.3. The van der Waals surface area contributed by atoms with Gasteiger partial charge in [0.2, 0.25) is 5.16 Å². The van der Waals surface area contributed by atoms with Crippen molar-refractivity contribution in [1.82, 2.24) is 25.2 Å². The van der Waals surface area contributed by atoms with Crippen LogP contribution in [0.5, 0.6) is 0 Å². The number of rotatable bonds is 5. The highest BCUT2D eigenvalue weighted by atomic mass is 35.5. The van der Waals surface area contributed by atoms with Gasteiger partial charge in [-0.15, -0.1) is 5.10 Å². The summed E-state index contributed by atoms with van der Waals surface area (Å²) in [4.78, 5) is 4.18. The fourth-order valence-electron chi connectivity index (χ4n) is 1.45. The van der Waals surface area contributed by atoms with Crippen LogP contribution < -0.4 is 5.73 Å². The molecule has 2 rings (SSSR count). The molecule has 0 atom stereocenters. The maximum atomic E-state index is 6.16. The van der Waals surface area contributed by atoms with Gasteiger partial charge in [-0.05, 0) is 23.4 Å². The third-order valence-electron chi connectivity index (χ3n) is 2.33. The molecule has 0 aliphatic heterocycles. The summed E-state index contributed by atoms with van der Waals surface area (Å²) in [5.74, 6) is 0.551. The van der Waals surface area contributed by atoms with Crippen LogP contribution in [0, 0.1) is 6.92 Å². The van der Waals surface area contributed by atoms with E-state index in [0.29, 0.717) is 34.2 Å². The molecule has 0 amide bonds. The van der Waals surface area contributed by atoms with Crippen molar-refractivity contribution < 1.29 is 0 Å². The van der Waals surface area contributed by atoms with Gasteiger partial charge in [-0.3, -0.25) is 0 Å².